The standard InChI is InChI=1S/C25H22O2/c1-26-22-13-11-21(12-14-22)25-16-19-9-5-6-10-23(19)24(27-25)15-20(17-25)18-7-3-2-4-8-18/h2-14,17,24H,15-16H2,1H3. The van der Waals surface area contributed by atoms with Gasteiger partial charge in [0.1, 0.15) is 11.4 Å². The molecule has 134 valence electrons. The van der Waals surface area contributed by atoms with Gasteiger partial charge in [0.25, 0.3) is 0 Å². The maximum atomic E-state index is 6.73. The highest BCUT2D eigenvalue weighted by molar-refractivity contribution is 5.69. The fraction of sp³-hybridized carbons (Fsp3) is 0.200. The predicted octanol–water partition coefficient (Wildman–Crippen LogP) is 5.69. The van der Waals surface area contributed by atoms with Crippen LogP contribution in [0, 0.1) is 0 Å². The SMILES string of the molecule is COc1ccc(C23C=C(c4ccccc4)CC(O2)c2ccccc2C3)cc1. The van der Waals surface area contributed by atoms with Crippen LogP contribution in [0.15, 0.2) is 84.9 Å². The molecular formula is C25H22O2. The Morgan fingerprint density at radius 2 is 1.63 bits per heavy atom. The van der Waals surface area contributed by atoms with Gasteiger partial charge in [-0.1, -0.05) is 66.7 Å². The Labute approximate surface area is 160 Å². The summed E-state index contributed by atoms with van der Waals surface area (Å²) in [4.78, 5) is 0. The van der Waals surface area contributed by atoms with Crippen molar-refractivity contribution in [2.75, 3.05) is 7.11 Å². The molecule has 0 saturated heterocycles. The monoisotopic (exact) mass is 354 g/mol. The lowest BCUT2D eigenvalue weighted by atomic mass is 9.75. The molecule has 3 aromatic carbocycles. The number of ether oxygens (including phenoxy) is 2. The number of benzene rings is 3. The van der Waals surface area contributed by atoms with Crippen LogP contribution in [-0.4, -0.2) is 7.11 Å². The van der Waals surface area contributed by atoms with Crippen LogP contribution in [0.3, 0.4) is 0 Å². The lowest BCUT2D eigenvalue weighted by Crippen LogP contribution is -2.39. The topological polar surface area (TPSA) is 18.5 Å². The molecule has 2 bridgehead atoms. The van der Waals surface area contributed by atoms with Gasteiger partial charge in [0.15, 0.2) is 0 Å². The van der Waals surface area contributed by atoms with Crippen LogP contribution in [0.4, 0.5) is 0 Å². The molecule has 2 heterocycles. The summed E-state index contributed by atoms with van der Waals surface area (Å²) in [5.41, 5.74) is 6.08. The Balaban J connectivity index is 1.67. The lowest BCUT2D eigenvalue weighted by Gasteiger charge is -2.45. The molecule has 0 N–H and O–H groups in total. The average Bonchev–Trinajstić information content (AvgIpc) is 2.74. The zero-order chi connectivity index (χ0) is 18.3. The van der Waals surface area contributed by atoms with Gasteiger partial charge in [0.05, 0.1) is 13.2 Å². The van der Waals surface area contributed by atoms with E-state index >= 15 is 0 Å². The van der Waals surface area contributed by atoms with Crippen LogP contribution in [0.25, 0.3) is 5.57 Å². The van der Waals surface area contributed by atoms with Gasteiger partial charge >= 0.3 is 0 Å². The fourth-order valence-electron chi connectivity index (χ4n) is 4.41. The van der Waals surface area contributed by atoms with Crippen molar-refractivity contribution in [3.8, 4) is 5.75 Å². The van der Waals surface area contributed by atoms with E-state index in [1.54, 1.807) is 7.11 Å². The highest BCUT2D eigenvalue weighted by atomic mass is 16.5. The number of rotatable bonds is 3. The Morgan fingerprint density at radius 3 is 2.41 bits per heavy atom. The van der Waals surface area contributed by atoms with Crippen molar-refractivity contribution in [3.63, 3.8) is 0 Å². The Morgan fingerprint density at radius 1 is 0.889 bits per heavy atom. The van der Waals surface area contributed by atoms with Crippen molar-refractivity contribution in [3.05, 3.63) is 107 Å². The molecule has 0 aliphatic carbocycles. The first kappa shape index (κ1) is 16.3. The van der Waals surface area contributed by atoms with E-state index in [9.17, 15) is 0 Å². The van der Waals surface area contributed by atoms with Crippen molar-refractivity contribution in [2.45, 2.75) is 24.5 Å². The third-order valence-corrected chi connectivity index (χ3v) is 5.74. The van der Waals surface area contributed by atoms with E-state index in [1.807, 2.05) is 12.1 Å². The minimum atomic E-state index is -0.436. The second-order valence-corrected chi connectivity index (χ2v) is 7.34. The zero-order valence-electron chi connectivity index (χ0n) is 15.4. The predicted molar refractivity (Wildman–Crippen MR) is 108 cm³/mol. The van der Waals surface area contributed by atoms with Gasteiger partial charge in [0, 0.05) is 12.8 Å². The largest absolute Gasteiger partial charge is 0.497 e. The highest BCUT2D eigenvalue weighted by Gasteiger charge is 2.43. The molecule has 2 heteroatoms. The quantitative estimate of drug-likeness (QED) is 0.601. The van der Waals surface area contributed by atoms with Crippen LogP contribution in [0.5, 0.6) is 5.75 Å². The highest BCUT2D eigenvalue weighted by Crippen LogP contribution is 2.51. The third-order valence-electron chi connectivity index (χ3n) is 5.74. The second kappa shape index (κ2) is 6.40. The van der Waals surface area contributed by atoms with E-state index in [1.165, 1.54) is 27.8 Å². The fourth-order valence-corrected chi connectivity index (χ4v) is 4.41. The smallest absolute Gasteiger partial charge is 0.118 e. The molecule has 0 radical (unpaired) electrons. The molecule has 5 rings (SSSR count). The number of hydrogen-bond donors (Lipinski definition) is 0. The van der Waals surface area contributed by atoms with E-state index in [0.29, 0.717) is 0 Å². The Bertz CT molecular complexity index is 988. The van der Waals surface area contributed by atoms with Crippen LogP contribution in [-0.2, 0) is 16.8 Å². The summed E-state index contributed by atoms with van der Waals surface area (Å²) in [7, 11) is 1.70. The van der Waals surface area contributed by atoms with E-state index in [2.05, 4.69) is 72.8 Å². The Hall–Kier alpha value is -2.84. The first-order valence-electron chi connectivity index (χ1n) is 9.45. The molecular weight excluding hydrogens is 332 g/mol. The molecule has 0 aromatic heterocycles. The maximum Gasteiger partial charge on any atom is 0.118 e. The summed E-state index contributed by atoms with van der Waals surface area (Å²) in [6.07, 6.45) is 4.18. The Kier molecular flexibility index (Phi) is 3.87. The van der Waals surface area contributed by atoms with Crippen molar-refractivity contribution >= 4 is 5.57 Å². The summed E-state index contributed by atoms with van der Waals surface area (Å²) < 4.78 is 12.1. The number of hydrogen-bond acceptors (Lipinski definition) is 2. The van der Waals surface area contributed by atoms with Gasteiger partial charge in [-0.25, -0.2) is 0 Å². The zero-order valence-corrected chi connectivity index (χ0v) is 15.4. The maximum absolute atomic E-state index is 6.73. The number of fused-ring (bicyclic) bond motifs is 4. The first-order chi connectivity index (χ1) is 13.3. The molecule has 0 spiro atoms. The van der Waals surface area contributed by atoms with Crippen molar-refractivity contribution in [1.82, 2.24) is 0 Å². The molecule has 2 aliphatic rings. The molecule has 2 nitrogen and oxygen atoms in total. The van der Waals surface area contributed by atoms with Gasteiger partial charge in [-0.2, -0.15) is 0 Å². The summed E-state index contributed by atoms with van der Waals surface area (Å²) in [5.74, 6) is 0.867. The van der Waals surface area contributed by atoms with Crippen LogP contribution < -0.4 is 4.74 Å². The second-order valence-electron chi connectivity index (χ2n) is 7.34. The molecule has 27 heavy (non-hydrogen) atoms. The number of methoxy groups -OCH3 is 1. The van der Waals surface area contributed by atoms with Crippen LogP contribution in [0.1, 0.15) is 34.8 Å². The average molecular weight is 354 g/mol. The van der Waals surface area contributed by atoms with Gasteiger partial charge in [0.2, 0.25) is 0 Å². The van der Waals surface area contributed by atoms with Crippen LogP contribution in [0.2, 0.25) is 0 Å². The van der Waals surface area contributed by atoms with Crippen molar-refractivity contribution < 1.29 is 9.47 Å². The lowest BCUT2D eigenvalue weighted by molar-refractivity contribution is -0.0867. The van der Waals surface area contributed by atoms with E-state index < -0.39 is 5.60 Å². The minimum absolute atomic E-state index is 0.0808. The van der Waals surface area contributed by atoms with Gasteiger partial charge in [-0.05, 0) is 46.0 Å². The first-order valence-corrected chi connectivity index (χ1v) is 9.45. The molecule has 0 fully saturated rings. The van der Waals surface area contributed by atoms with Gasteiger partial charge < -0.3 is 9.47 Å². The van der Waals surface area contributed by atoms with E-state index in [-0.39, 0.29) is 6.10 Å². The van der Waals surface area contributed by atoms with Gasteiger partial charge in [-0.15, -0.1) is 0 Å². The molecule has 0 saturated carbocycles. The molecule has 2 unspecified atom stereocenters. The normalized spacial score (nSPS) is 23.3. The molecule has 0 amide bonds. The van der Waals surface area contributed by atoms with Crippen LogP contribution >= 0.6 is 0 Å². The molecule has 3 aromatic rings. The minimum Gasteiger partial charge on any atom is -0.497 e. The van der Waals surface area contributed by atoms with Gasteiger partial charge in [-0.3, -0.25) is 0 Å². The van der Waals surface area contributed by atoms with Crippen molar-refractivity contribution in [1.29, 1.82) is 0 Å². The summed E-state index contributed by atoms with van der Waals surface area (Å²) in [5, 5.41) is 0. The summed E-state index contributed by atoms with van der Waals surface area (Å²) >= 11 is 0. The van der Waals surface area contributed by atoms with E-state index in [0.717, 1.165) is 18.6 Å². The molecule has 2 aliphatic heterocycles. The summed E-state index contributed by atoms with van der Waals surface area (Å²) in [6, 6.07) is 27.7. The summed E-state index contributed by atoms with van der Waals surface area (Å²) in [6.45, 7) is 0. The van der Waals surface area contributed by atoms with E-state index in [4.69, 9.17) is 9.47 Å². The van der Waals surface area contributed by atoms with Crippen molar-refractivity contribution in [2.24, 2.45) is 0 Å². The third kappa shape index (κ3) is 2.77. The molecule has 2 atom stereocenters.